The third kappa shape index (κ3) is 14.0. The number of hydrogen-bond acceptors (Lipinski definition) is 18. The van der Waals surface area contributed by atoms with Crippen molar-refractivity contribution in [2.24, 2.45) is 0 Å². The number of nitrogens with two attached hydrogens (primary N) is 1. The highest BCUT2D eigenvalue weighted by Crippen LogP contribution is 2.66. The first-order chi connectivity index (χ1) is 41.1. The number of phosphoric ester groups is 1. The Labute approximate surface area is 493 Å². The zero-order valence-electron chi connectivity index (χ0n) is 46.7. The van der Waals surface area contributed by atoms with Crippen molar-refractivity contribution in [2.45, 2.75) is 82.6 Å². The molecule has 456 valence electrons. The van der Waals surface area contributed by atoms with Crippen LogP contribution in [0.5, 0.6) is 11.5 Å². The monoisotopic (exact) mass is 1240 g/mol. The number of carboxylic acids is 1. The molecule has 5 aliphatic rings. The van der Waals surface area contributed by atoms with E-state index in [9.17, 15) is 43.0 Å². The van der Waals surface area contributed by atoms with Crippen LogP contribution in [0.4, 0.5) is 16.3 Å². The highest BCUT2D eigenvalue weighted by atomic mass is 31.3. The van der Waals surface area contributed by atoms with Crippen LogP contribution < -0.4 is 41.8 Å². The molecule has 3 aromatic carbocycles. The van der Waals surface area contributed by atoms with Gasteiger partial charge in [-0.2, -0.15) is 8.62 Å². The van der Waals surface area contributed by atoms with Crippen molar-refractivity contribution in [1.29, 1.82) is 0 Å². The number of alkyl carbamates (subject to hydrolysis) is 1. The quantitative estimate of drug-likeness (QED) is 0.0266. The molecule has 10 rings (SSSR count). The number of fused-ring (bicyclic) bond motifs is 7. The topological polar surface area (TPSA) is 364 Å². The molecule has 5 aliphatic heterocycles. The van der Waals surface area contributed by atoms with E-state index in [1.807, 2.05) is 0 Å². The summed E-state index contributed by atoms with van der Waals surface area (Å²) in [5.74, 6) is 5.67. The van der Waals surface area contributed by atoms with Crippen LogP contribution in [0.15, 0.2) is 67.7 Å². The van der Waals surface area contributed by atoms with Gasteiger partial charge in [0.1, 0.15) is 48.2 Å². The van der Waals surface area contributed by atoms with Gasteiger partial charge < -0.3 is 74.8 Å². The highest BCUT2D eigenvalue weighted by Gasteiger charge is 2.44. The summed E-state index contributed by atoms with van der Waals surface area (Å²) in [6.45, 7) is 14.8. The fraction of sp³-hybridized carbons (Fsp3) is 0.386. The Morgan fingerprint density at radius 1 is 0.919 bits per heavy atom. The standard InChI is InChI=1S/C57H65N8O18P3/c1-4-24-77-45-28-47(80-46(45)31-79-85(73,74)83-86(75,76)82-84(70,71)72)65-29-38(48-53(58)62-32-63-54(48)65)11-6-20-61-57(69)78-30-33(2)17-21-60-55(66)37-15-16-40(56(67)68)42(27-37)49-43-25-35-10-5-18-59-19-7-13-39(34(35)3)51(43)81-52-41-14-9-23-64-22-8-12-36(50(41)64)26-44(49)52/h4,15-16,25-27,29,32,45-47,59H,1-3,5,7-10,12-14,17-24,28,30-31H2,(H,60,66)(H,61,69)(H,67,68)(H,73,74)(H,75,76)(H2,58,62,63)(H2,70,71,72)/t45-,46-,47-/m1/s1. The van der Waals surface area contributed by atoms with E-state index in [4.69, 9.17) is 39.0 Å². The zero-order chi connectivity index (χ0) is 61.1. The number of ether oxygens (including phenoxy) is 4. The summed E-state index contributed by atoms with van der Waals surface area (Å²) in [5, 5.41) is 21.9. The van der Waals surface area contributed by atoms with E-state index in [0.29, 0.717) is 33.4 Å². The number of anilines is 2. The molecule has 2 aromatic heterocycles. The Kier molecular flexibility index (Phi) is 18.8. The van der Waals surface area contributed by atoms with E-state index in [1.165, 1.54) is 35.8 Å². The molecule has 2 unspecified atom stereocenters. The summed E-state index contributed by atoms with van der Waals surface area (Å²) < 4.78 is 73.9. The third-order valence-corrected chi connectivity index (χ3v) is 19.1. The van der Waals surface area contributed by atoms with Gasteiger partial charge in [-0.1, -0.05) is 31.1 Å². The van der Waals surface area contributed by atoms with Crippen LogP contribution in [0.3, 0.4) is 0 Å². The number of benzene rings is 3. The van der Waals surface area contributed by atoms with Gasteiger partial charge in [-0.15, -0.1) is 6.58 Å². The van der Waals surface area contributed by atoms with Crippen molar-refractivity contribution in [3.05, 3.63) is 128 Å². The maximum atomic E-state index is 14.0. The molecule has 0 spiro atoms. The van der Waals surface area contributed by atoms with Crippen molar-refractivity contribution >= 4 is 76.1 Å². The van der Waals surface area contributed by atoms with Crippen LogP contribution in [0.25, 0.3) is 23.2 Å². The number of hydrogen-bond donors (Lipinski definition) is 9. The smallest absolute Gasteiger partial charge is 0.478 e. The molecule has 2 amide bonds. The maximum absolute atomic E-state index is 14.0. The average molecular weight is 1240 g/mol. The lowest BCUT2D eigenvalue weighted by molar-refractivity contribution is -0.0549. The fourth-order valence-electron chi connectivity index (χ4n) is 11.6. The molecule has 0 aliphatic carbocycles. The predicted octanol–water partition coefficient (Wildman–Crippen LogP) is 5.30. The largest absolute Gasteiger partial charge is 0.490 e. The van der Waals surface area contributed by atoms with Gasteiger partial charge in [0.05, 0.1) is 42.4 Å². The van der Waals surface area contributed by atoms with Gasteiger partial charge in [0.15, 0.2) is 0 Å². The number of nitrogens with one attached hydrogen (secondary N) is 3. The number of carbonyl (C=O) groups is 3. The highest BCUT2D eigenvalue weighted by molar-refractivity contribution is 7.66. The molecule has 10 N–H and O–H groups in total. The van der Waals surface area contributed by atoms with Crippen molar-refractivity contribution in [3.8, 4) is 23.3 Å². The van der Waals surface area contributed by atoms with E-state index in [-0.39, 0.29) is 61.7 Å². The van der Waals surface area contributed by atoms with Gasteiger partial charge in [-0.05, 0) is 129 Å². The van der Waals surface area contributed by atoms with E-state index < -0.39 is 66.5 Å². The molecule has 2 bridgehead atoms. The van der Waals surface area contributed by atoms with Gasteiger partial charge in [0.2, 0.25) is 0 Å². The molecular formula is C57H65N8O18P3. The molecule has 5 aromatic rings. The summed E-state index contributed by atoms with van der Waals surface area (Å²) in [6, 6.07) is 8.95. The molecule has 5 atom stereocenters. The molecule has 0 radical (unpaired) electrons. The lowest BCUT2D eigenvalue weighted by Crippen LogP contribution is -2.36. The molecular weight excluding hydrogens is 1180 g/mol. The minimum atomic E-state index is -5.78. The number of aryl methyl sites for hydroxylation is 2. The van der Waals surface area contributed by atoms with Crippen molar-refractivity contribution in [2.75, 3.05) is 69.7 Å². The minimum absolute atomic E-state index is 0.00491. The number of carboxylic acid groups (broad SMARTS) is 1. The average Bonchev–Trinajstić information content (AvgIpc) is 0.925. The summed E-state index contributed by atoms with van der Waals surface area (Å²) in [6.07, 6.45) is 7.73. The van der Waals surface area contributed by atoms with Crippen LogP contribution in [-0.4, -0.2) is 128 Å². The van der Waals surface area contributed by atoms with E-state index in [1.54, 1.807) is 16.8 Å². The fourth-order valence-corrected chi connectivity index (χ4v) is 14.6. The van der Waals surface area contributed by atoms with Crippen molar-refractivity contribution < 1.29 is 84.9 Å². The predicted molar refractivity (Wildman–Crippen MR) is 314 cm³/mol. The molecule has 26 nitrogen and oxygen atoms in total. The minimum Gasteiger partial charge on any atom is -0.478 e. The Bertz CT molecular complexity index is 3890. The van der Waals surface area contributed by atoms with Gasteiger partial charge in [0.25, 0.3) is 5.91 Å². The summed E-state index contributed by atoms with van der Waals surface area (Å²) in [7, 11) is -16.9. The second-order valence-electron chi connectivity index (χ2n) is 21.1. The summed E-state index contributed by atoms with van der Waals surface area (Å²) >= 11 is 0. The molecule has 7 heterocycles. The number of nitrogen functional groups attached to an aromatic ring is 1. The van der Waals surface area contributed by atoms with E-state index in [2.05, 4.69) is 83.1 Å². The Morgan fingerprint density at radius 2 is 1.67 bits per heavy atom. The van der Waals surface area contributed by atoms with Crippen LogP contribution in [0.2, 0.25) is 0 Å². The van der Waals surface area contributed by atoms with Crippen molar-refractivity contribution in [1.82, 2.24) is 30.5 Å². The number of amides is 2. The number of phosphoric acid groups is 3. The van der Waals surface area contributed by atoms with Gasteiger partial charge in [-0.3, -0.25) is 9.32 Å². The Hall–Kier alpha value is -7.04. The summed E-state index contributed by atoms with van der Waals surface area (Å²) in [4.78, 5) is 88.3. The lowest BCUT2D eigenvalue weighted by atomic mass is 9.81. The third-order valence-electron chi connectivity index (χ3n) is 15.3. The Morgan fingerprint density at radius 3 is 2.44 bits per heavy atom. The van der Waals surface area contributed by atoms with Crippen LogP contribution in [0, 0.1) is 11.8 Å². The number of nitrogens with zero attached hydrogens (tertiary/aromatic N) is 4. The van der Waals surface area contributed by atoms with E-state index >= 15 is 0 Å². The molecule has 1 fully saturated rings. The zero-order valence-corrected chi connectivity index (χ0v) is 49.3. The molecule has 86 heavy (non-hydrogen) atoms. The number of aromatic nitrogens is 3. The molecule has 1 saturated heterocycles. The van der Waals surface area contributed by atoms with E-state index in [0.717, 1.165) is 116 Å². The first kappa shape index (κ1) is 62.0. The second-order valence-corrected chi connectivity index (χ2v) is 25.5. The second kappa shape index (κ2) is 26.1. The molecule has 0 saturated carbocycles. The molecule has 29 heteroatoms. The van der Waals surface area contributed by atoms with Crippen LogP contribution in [-0.2, 0) is 66.7 Å². The van der Waals surface area contributed by atoms with Gasteiger partial charge >= 0.3 is 35.5 Å². The first-order valence-corrected chi connectivity index (χ1v) is 32.3. The number of rotatable bonds is 20. The normalized spacial score (nSPS) is 19.5. The lowest BCUT2D eigenvalue weighted by Gasteiger charge is -2.39. The van der Waals surface area contributed by atoms with Gasteiger partial charge in [-0.25, -0.2) is 33.3 Å². The number of carbonyl (C=O) groups excluding carboxylic acids is 2. The first-order valence-electron chi connectivity index (χ1n) is 27.8. The Balaban J connectivity index is 0.786. The van der Waals surface area contributed by atoms with Crippen molar-refractivity contribution in [3.63, 3.8) is 0 Å². The van der Waals surface area contributed by atoms with Gasteiger partial charge in [0, 0.05) is 71.0 Å². The maximum Gasteiger partial charge on any atom is 0.490 e. The number of aromatic carboxylic acids is 1. The SMILES string of the molecule is C=CCO[C@@H]1C[C@H](n2cc(C#CCNC(=O)OCC(=C)CCNC(=O)c3ccc(C(=O)O)c(C4=c5cc6c(=C)c(c5Oc5c4cc4c7c5CCCN7CCC4)CCCNCCC6)c3)c3c(N)ncnc32)O[C@@H]1COP(=O)(O)OP(=O)(O)OP(=O)(O)O. The van der Waals surface area contributed by atoms with Crippen LogP contribution >= 0.6 is 23.5 Å². The summed E-state index contributed by atoms with van der Waals surface area (Å²) in [5.41, 5.74) is 15.2. The van der Waals surface area contributed by atoms with Crippen LogP contribution in [0.1, 0.15) is 104 Å².